The Morgan fingerprint density at radius 2 is 1.42 bits per heavy atom. The summed E-state index contributed by atoms with van der Waals surface area (Å²) in [6.07, 6.45) is 19.4. The highest BCUT2D eigenvalue weighted by Gasteiger charge is 2.02. The number of rotatable bonds is 16. The van der Waals surface area contributed by atoms with Crippen molar-refractivity contribution in [2.75, 3.05) is 6.54 Å². The molecule has 1 N–H and O–H groups in total. The summed E-state index contributed by atoms with van der Waals surface area (Å²) in [7, 11) is 0. The number of allylic oxidation sites excluding steroid dienone is 3. The summed E-state index contributed by atoms with van der Waals surface area (Å²) in [6, 6.07) is 17.9. The van der Waals surface area contributed by atoms with Gasteiger partial charge in [0.15, 0.2) is 0 Å². The van der Waals surface area contributed by atoms with E-state index in [1.807, 2.05) is 0 Å². The molecule has 0 aromatic heterocycles. The third-order valence-corrected chi connectivity index (χ3v) is 6.20. The van der Waals surface area contributed by atoms with Crippen LogP contribution in [0, 0.1) is 0 Å². The van der Waals surface area contributed by atoms with E-state index < -0.39 is 0 Å². The average Bonchev–Trinajstić information content (AvgIpc) is 2.84. The Kier molecular flexibility index (Phi) is 13.1. The van der Waals surface area contributed by atoms with E-state index in [1.165, 1.54) is 73.6 Å². The smallest absolute Gasteiger partial charge is 0.0340 e. The van der Waals surface area contributed by atoms with E-state index in [9.17, 15) is 0 Å². The number of nitrogens with one attached hydrogen (secondary N) is 1. The number of benzene rings is 2. The molecule has 0 atom stereocenters. The van der Waals surface area contributed by atoms with Crippen molar-refractivity contribution in [2.24, 2.45) is 0 Å². The number of unbranched alkanes of at least 4 members (excludes halogenated alkanes) is 6. The van der Waals surface area contributed by atoms with Crippen LogP contribution in [-0.2, 0) is 6.42 Å². The van der Waals surface area contributed by atoms with Gasteiger partial charge in [-0.2, -0.15) is 0 Å². The molecule has 0 bridgehead atoms. The number of hydrogen-bond acceptors (Lipinski definition) is 1. The lowest BCUT2D eigenvalue weighted by atomic mass is 9.99. The summed E-state index contributed by atoms with van der Waals surface area (Å²) in [5, 5.41) is 3.47. The molecule has 0 spiro atoms. The molecule has 0 saturated heterocycles. The van der Waals surface area contributed by atoms with Gasteiger partial charge in [-0.1, -0.05) is 131 Å². The monoisotopic (exact) mass is 443 g/mol. The van der Waals surface area contributed by atoms with Crippen molar-refractivity contribution in [1.82, 2.24) is 5.32 Å². The Hall–Kier alpha value is -2.54. The van der Waals surface area contributed by atoms with E-state index in [0.717, 1.165) is 30.6 Å². The quantitative estimate of drug-likeness (QED) is 0.201. The van der Waals surface area contributed by atoms with E-state index in [4.69, 9.17) is 0 Å². The number of hydrogen-bond donors (Lipinski definition) is 1. The molecule has 0 amide bonds. The van der Waals surface area contributed by atoms with E-state index in [2.05, 4.69) is 99.4 Å². The van der Waals surface area contributed by atoms with E-state index in [1.54, 1.807) is 0 Å². The maximum atomic E-state index is 4.22. The first kappa shape index (κ1) is 26.7. The van der Waals surface area contributed by atoms with Gasteiger partial charge in [-0.15, -0.1) is 0 Å². The second-order valence-corrected chi connectivity index (χ2v) is 9.15. The lowest BCUT2D eigenvalue weighted by Gasteiger charge is -2.11. The van der Waals surface area contributed by atoms with Crippen LogP contribution >= 0.6 is 0 Å². The van der Waals surface area contributed by atoms with Gasteiger partial charge in [-0.25, -0.2) is 0 Å². The lowest BCUT2D eigenvalue weighted by Crippen LogP contribution is -2.13. The van der Waals surface area contributed by atoms with Gasteiger partial charge < -0.3 is 5.32 Å². The van der Waals surface area contributed by atoms with Crippen molar-refractivity contribution < 1.29 is 0 Å². The topological polar surface area (TPSA) is 12.0 Å². The Morgan fingerprint density at radius 3 is 2.06 bits per heavy atom. The molecule has 33 heavy (non-hydrogen) atoms. The molecule has 2 aromatic carbocycles. The average molecular weight is 444 g/mol. The highest BCUT2D eigenvalue weighted by Crippen LogP contribution is 2.23. The van der Waals surface area contributed by atoms with Crippen molar-refractivity contribution in [1.29, 1.82) is 0 Å². The molecule has 0 aliphatic carbocycles. The molecule has 2 rings (SSSR count). The van der Waals surface area contributed by atoms with E-state index in [-0.39, 0.29) is 0 Å². The van der Waals surface area contributed by atoms with Gasteiger partial charge in [0.05, 0.1) is 0 Å². The predicted molar refractivity (Wildman–Crippen MR) is 148 cm³/mol. The van der Waals surface area contributed by atoms with Gasteiger partial charge in [-0.3, -0.25) is 0 Å². The molecular formula is C32H45N. The maximum Gasteiger partial charge on any atom is 0.0340 e. The lowest BCUT2D eigenvalue weighted by molar-refractivity contribution is 0.589. The first-order valence-electron chi connectivity index (χ1n) is 13.1. The van der Waals surface area contributed by atoms with Crippen molar-refractivity contribution in [3.63, 3.8) is 0 Å². The fraction of sp³-hybridized carbons (Fsp3) is 0.438. The SMILES string of the molecule is C=C(NCC/C(C)=C/C=C\CC)c1ccc(-c2ccc(CCCCCCCCC)cc2)cc1. The van der Waals surface area contributed by atoms with Crippen LogP contribution in [0.25, 0.3) is 16.8 Å². The largest absolute Gasteiger partial charge is 0.385 e. The van der Waals surface area contributed by atoms with Crippen LogP contribution in [0.3, 0.4) is 0 Å². The standard InChI is InChI=1S/C32H45N/c1-5-7-9-10-11-12-14-16-29-17-19-31(20-18-29)32-23-21-30(22-24-32)28(4)33-26-25-27(3)15-13-8-6-2/h8,13,15,17-24,33H,4-7,9-12,14,16,25-26H2,1-3H3/b13-8-,27-15+. The first-order chi connectivity index (χ1) is 16.1. The van der Waals surface area contributed by atoms with Crippen LogP contribution in [0.1, 0.15) is 89.7 Å². The van der Waals surface area contributed by atoms with Crippen molar-refractivity contribution in [3.05, 3.63) is 90.0 Å². The van der Waals surface area contributed by atoms with Crippen LogP contribution in [0.4, 0.5) is 0 Å². The second kappa shape index (κ2) is 16.1. The zero-order valence-electron chi connectivity index (χ0n) is 21.3. The van der Waals surface area contributed by atoms with Gasteiger partial charge in [0, 0.05) is 12.2 Å². The zero-order chi connectivity index (χ0) is 23.7. The minimum Gasteiger partial charge on any atom is -0.385 e. The summed E-state index contributed by atoms with van der Waals surface area (Å²) >= 11 is 0. The molecule has 0 heterocycles. The van der Waals surface area contributed by atoms with E-state index >= 15 is 0 Å². The molecule has 0 fully saturated rings. The van der Waals surface area contributed by atoms with Crippen LogP contribution in [0.5, 0.6) is 0 Å². The van der Waals surface area contributed by atoms with Crippen molar-refractivity contribution >= 4 is 5.70 Å². The summed E-state index contributed by atoms with van der Waals surface area (Å²) in [5.74, 6) is 0. The summed E-state index contributed by atoms with van der Waals surface area (Å²) < 4.78 is 0. The maximum absolute atomic E-state index is 4.22. The van der Waals surface area contributed by atoms with Crippen LogP contribution < -0.4 is 5.32 Å². The van der Waals surface area contributed by atoms with Gasteiger partial charge >= 0.3 is 0 Å². The molecule has 0 aliphatic rings. The van der Waals surface area contributed by atoms with Crippen molar-refractivity contribution in [3.8, 4) is 11.1 Å². The summed E-state index contributed by atoms with van der Waals surface area (Å²) in [6.45, 7) is 11.7. The van der Waals surface area contributed by atoms with Gasteiger partial charge in [0.2, 0.25) is 0 Å². The van der Waals surface area contributed by atoms with Crippen LogP contribution in [-0.4, -0.2) is 6.54 Å². The van der Waals surface area contributed by atoms with Crippen LogP contribution in [0.15, 0.2) is 78.9 Å². The van der Waals surface area contributed by atoms with Crippen molar-refractivity contribution in [2.45, 2.75) is 85.0 Å². The fourth-order valence-corrected chi connectivity index (χ4v) is 3.98. The Balaban J connectivity index is 1.76. The fourth-order valence-electron chi connectivity index (χ4n) is 3.98. The van der Waals surface area contributed by atoms with Gasteiger partial charge in [-0.05, 0) is 54.9 Å². The molecule has 178 valence electrons. The predicted octanol–water partition coefficient (Wildman–Crippen LogP) is 9.51. The molecule has 0 saturated carbocycles. The minimum absolute atomic E-state index is 0.906. The van der Waals surface area contributed by atoms with E-state index in [0.29, 0.717) is 0 Å². The number of aryl methyl sites for hydroxylation is 1. The highest BCUT2D eigenvalue weighted by molar-refractivity contribution is 5.68. The molecule has 0 radical (unpaired) electrons. The third kappa shape index (κ3) is 10.7. The molecule has 0 unspecified atom stereocenters. The normalized spacial score (nSPS) is 11.8. The summed E-state index contributed by atoms with van der Waals surface area (Å²) in [4.78, 5) is 0. The molecular weight excluding hydrogens is 398 g/mol. The Bertz CT molecular complexity index is 852. The second-order valence-electron chi connectivity index (χ2n) is 9.15. The minimum atomic E-state index is 0.906. The Morgan fingerprint density at radius 1 is 0.818 bits per heavy atom. The van der Waals surface area contributed by atoms with Gasteiger partial charge in [0.1, 0.15) is 0 Å². The first-order valence-corrected chi connectivity index (χ1v) is 13.1. The van der Waals surface area contributed by atoms with Crippen LogP contribution in [0.2, 0.25) is 0 Å². The van der Waals surface area contributed by atoms with Gasteiger partial charge in [0.25, 0.3) is 0 Å². The molecule has 0 aliphatic heterocycles. The summed E-state index contributed by atoms with van der Waals surface area (Å²) in [5.41, 5.74) is 7.52. The molecule has 1 heteroatoms. The molecule has 2 aromatic rings. The molecule has 1 nitrogen and oxygen atoms in total. The third-order valence-electron chi connectivity index (χ3n) is 6.20. The highest BCUT2D eigenvalue weighted by atomic mass is 14.9. The zero-order valence-corrected chi connectivity index (χ0v) is 21.3. The Labute approximate surface area is 203 Å².